The Balaban J connectivity index is 1.80. The summed E-state index contributed by atoms with van der Waals surface area (Å²) in [5.41, 5.74) is 4.58. The summed E-state index contributed by atoms with van der Waals surface area (Å²) < 4.78 is 35.5. The topological polar surface area (TPSA) is 68.5 Å². The molecule has 0 saturated heterocycles. The molecule has 3 aromatic rings. The van der Waals surface area contributed by atoms with Gasteiger partial charge in [-0.05, 0) is 76.4 Å². The summed E-state index contributed by atoms with van der Waals surface area (Å²) in [7, 11) is 0. The van der Waals surface area contributed by atoms with Crippen LogP contribution in [0.2, 0.25) is 0 Å². The average molecular weight is 457 g/mol. The molecule has 0 bridgehead atoms. The molecule has 0 spiro atoms. The minimum absolute atomic E-state index is 0.0857. The van der Waals surface area contributed by atoms with E-state index in [1.807, 2.05) is 51.7 Å². The number of nitrogens with one attached hydrogen (secondary N) is 1. The molecule has 0 amide bonds. The number of fused-ring (bicyclic) bond motifs is 2. The summed E-state index contributed by atoms with van der Waals surface area (Å²) in [6, 6.07) is 8.28. The summed E-state index contributed by atoms with van der Waals surface area (Å²) in [5.74, 6) is 0.222. The highest BCUT2D eigenvalue weighted by atomic mass is 32.2. The second-order valence-corrected chi connectivity index (χ2v) is 11.6. The average Bonchev–Trinajstić information content (AvgIpc) is 3.12. The van der Waals surface area contributed by atoms with E-state index in [-0.39, 0.29) is 17.3 Å². The summed E-state index contributed by atoms with van der Waals surface area (Å²) in [6.07, 6.45) is 0. The zero-order valence-corrected chi connectivity index (χ0v) is 20.2. The van der Waals surface area contributed by atoms with Crippen LogP contribution < -0.4 is 15.1 Å². The standard InChI is InChI=1S/C25H29FN2O3S/c1-14-9-20(16(3)27-32(30)25(4,5)6)23-21(10-14)22(29)15(2)24(31-23)28-12-17-7-8-19(26)11-18(17)13-28/h7-11,16,27H,12-13H2,1-6H3/t16-,32?/m1/s1. The molecule has 0 radical (unpaired) electrons. The predicted molar refractivity (Wildman–Crippen MR) is 128 cm³/mol. The van der Waals surface area contributed by atoms with Gasteiger partial charge >= 0.3 is 0 Å². The molecule has 7 heteroatoms. The molecule has 0 saturated carbocycles. The lowest BCUT2D eigenvalue weighted by Gasteiger charge is -2.27. The molecule has 1 aliphatic rings. The minimum Gasteiger partial charge on any atom is -0.598 e. The van der Waals surface area contributed by atoms with Gasteiger partial charge in [-0.1, -0.05) is 12.1 Å². The van der Waals surface area contributed by atoms with E-state index >= 15 is 0 Å². The van der Waals surface area contributed by atoms with Crippen molar-refractivity contribution in [2.24, 2.45) is 0 Å². The van der Waals surface area contributed by atoms with Crippen LogP contribution in [0, 0.1) is 19.7 Å². The van der Waals surface area contributed by atoms with Crippen molar-refractivity contribution in [3.05, 3.63) is 74.2 Å². The molecular formula is C25H29FN2O3S. The van der Waals surface area contributed by atoms with Crippen molar-refractivity contribution < 1.29 is 13.4 Å². The fourth-order valence-corrected chi connectivity index (χ4v) is 4.89. The molecule has 5 nitrogen and oxygen atoms in total. The van der Waals surface area contributed by atoms with E-state index in [9.17, 15) is 13.7 Å². The van der Waals surface area contributed by atoms with Gasteiger partial charge in [-0.15, -0.1) is 4.72 Å². The number of halogens is 1. The normalized spacial score (nSPS) is 15.8. The van der Waals surface area contributed by atoms with Gasteiger partial charge in [0.25, 0.3) is 0 Å². The van der Waals surface area contributed by atoms with Gasteiger partial charge in [0.05, 0.1) is 17.0 Å². The summed E-state index contributed by atoms with van der Waals surface area (Å²) in [5, 5.41) is 0.513. The molecule has 1 aliphatic heterocycles. The van der Waals surface area contributed by atoms with E-state index in [0.717, 1.165) is 22.3 Å². The van der Waals surface area contributed by atoms with Gasteiger partial charge < -0.3 is 13.9 Å². The maximum atomic E-state index is 13.7. The smallest absolute Gasteiger partial charge is 0.203 e. The largest absolute Gasteiger partial charge is 0.598 e. The molecule has 1 aromatic heterocycles. The third-order valence-corrected chi connectivity index (χ3v) is 7.53. The zero-order valence-electron chi connectivity index (χ0n) is 19.3. The first kappa shape index (κ1) is 22.8. The van der Waals surface area contributed by atoms with Crippen molar-refractivity contribution in [2.75, 3.05) is 4.90 Å². The van der Waals surface area contributed by atoms with Gasteiger partial charge in [0.15, 0.2) is 5.43 Å². The van der Waals surface area contributed by atoms with E-state index in [0.29, 0.717) is 35.5 Å². The molecule has 170 valence electrons. The Hall–Kier alpha value is -2.35. The Bertz CT molecular complexity index is 1250. The fourth-order valence-electron chi connectivity index (χ4n) is 4.09. The Morgan fingerprint density at radius 2 is 1.84 bits per heavy atom. The Kier molecular flexibility index (Phi) is 5.86. The van der Waals surface area contributed by atoms with Gasteiger partial charge in [0.2, 0.25) is 5.88 Å². The van der Waals surface area contributed by atoms with Crippen LogP contribution in [-0.4, -0.2) is 9.30 Å². The quantitative estimate of drug-likeness (QED) is 0.548. The third kappa shape index (κ3) is 4.17. The lowest BCUT2D eigenvalue weighted by atomic mass is 10.0. The maximum absolute atomic E-state index is 13.7. The molecule has 1 N–H and O–H groups in total. The Morgan fingerprint density at radius 1 is 1.16 bits per heavy atom. The SMILES string of the molecule is Cc1cc([C@@H](C)N[S+]([O-])C(C)(C)C)c2oc(N3Cc4ccc(F)cc4C3)c(C)c(=O)c2c1. The zero-order chi connectivity index (χ0) is 23.4. The number of hydrogen-bond acceptors (Lipinski definition) is 5. The molecular weight excluding hydrogens is 427 g/mol. The molecule has 2 atom stereocenters. The molecule has 1 unspecified atom stereocenters. The molecule has 0 aliphatic carbocycles. The van der Waals surface area contributed by atoms with Crippen LogP contribution in [-0.2, 0) is 24.5 Å². The van der Waals surface area contributed by atoms with Crippen molar-refractivity contribution in [1.29, 1.82) is 0 Å². The van der Waals surface area contributed by atoms with Crippen LogP contribution in [0.4, 0.5) is 10.3 Å². The summed E-state index contributed by atoms with van der Waals surface area (Å²) >= 11 is -1.28. The first-order valence-corrected chi connectivity index (χ1v) is 11.9. The van der Waals surface area contributed by atoms with Crippen LogP contribution in [0.3, 0.4) is 0 Å². The van der Waals surface area contributed by atoms with Crippen LogP contribution in [0.5, 0.6) is 0 Å². The lowest BCUT2D eigenvalue weighted by Crippen LogP contribution is -2.40. The number of nitrogens with zero attached hydrogens (tertiary/aromatic N) is 1. The second kappa shape index (κ2) is 8.21. The van der Waals surface area contributed by atoms with Gasteiger partial charge in [-0.25, -0.2) is 4.39 Å². The van der Waals surface area contributed by atoms with Crippen molar-refractivity contribution in [3.63, 3.8) is 0 Å². The van der Waals surface area contributed by atoms with E-state index in [1.54, 1.807) is 13.0 Å². The highest BCUT2D eigenvalue weighted by Crippen LogP contribution is 2.34. The van der Waals surface area contributed by atoms with Gasteiger partial charge in [0.1, 0.15) is 16.1 Å². The molecule has 4 rings (SSSR count). The Labute approximate surface area is 190 Å². The van der Waals surface area contributed by atoms with Crippen LogP contribution >= 0.6 is 0 Å². The van der Waals surface area contributed by atoms with Gasteiger partial charge in [-0.2, -0.15) is 0 Å². The van der Waals surface area contributed by atoms with Crippen molar-refractivity contribution in [3.8, 4) is 0 Å². The maximum Gasteiger partial charge on any atom is 0.203 e. The van der Waals surface area contributed by atoms with E-state index < -0.39 is 16.1 Å². The van der Waals surface area contributed by atoms with Crippen molar-refractivity contribution in [2.45, 2.75) is 65.4 Å². The summed E-state index contributed by atoms with van der Waals surface area (Å²) in [6.45, 7) is 12.4. The number of anilines is 1. The molecule has 2 heterocycles. The van der Waals surface area contributed by atoms with Crippen molar-refractivity contribution >= 4 is 28.2 Å². The lowest BCUT2D eigenvalue weighted by molar-refractivity contribution is 0.527. The third-order valence-electron chi connectivity index (χ3n) is 5.85. The number of hydrogen-bond donors (Lipinski definition) is 1. The van der Waals surface area contributed by atoms with E-state index in [1.165, 1.54) is 12.1 Å². The number of benzene rings is 2. The van der Waals surface area contributed by atoms with Crippen LogP contribution in [0.25, 0.3) is 11.0 Å². The first-order chi connectivity index (χ1) is 15.0. The predicted octanol–water partition coefficient (Wildman–Crippen LogP) is 5.18. The van der Waals surface area contributed by atoms with Gasteiger partial charge in [0, 0.05) is 30.0 Å². The van der Waals surface area contributed by atoms with E-state index in [2.05, 4.69) is 4.72 Å². The Morgan fingerprint density at radius 3 is 2.53 bits per heavy atom. The highest BCUT2D eigenvalue weighted by molar-refractivity contribution is 7.90. The fraction of sp³-hybridized carbons (Fsp3) is 0.400. The first-order valence-electron chi connectivity index (χ1n) is 10.7. The monoisotopic (exact) mass is 456 g/mol. The van der Waals surface area contributed by atoms with E-state index in [4.69, 9.17) is 4.42 Å². The van der Waals surface area contributed by atoms with Gasteiger partial charge in [-0.3, -0.25) is 4.79 Å². The molecule has 32 heavy (non-hydrogen) atoms. The second-order valence-electron chi connectivity index (χ2n) is 9.58. The van der Waals surface area contributed by atoms with Crippen LogP contribution in [0.1, 0.15) is 61.6 Å². The number of rotatable bonds is 4. The minimum atomic E-state index is -1.28. The number of aryl methyl sites for hydroxylation is 1. The molecule has 2 aromatic carbocycles. The molecule has 0 fully saturated rings. The van der Waals surface area contributed by atoms with Crippen molar-refractivity contribution in [1.82, 2.24) is 4.72 Å². The van der Waals surface area contributed by atoms with Crippen LogP contribution in [0.15, 0.2) is 39.5 Å². The summed E-state index contributed by atoms with van der Waals surface area (Å²) in [4.78, 5) is 15.3. The highest BCUT2D eigenvalue weighted by Gasteiger charge is 2.30.